The van der Waals surface area contributed by atoms with Crippen molar-refractivity contribution in [1.29, 1.82) is 0 Å². The zero-order valence-electron chi connectivity index (χ0n) is 18.9. The standard InChI is InChI=1S/C24H31N3O5S/c1-31-22-8-10-23(11-9-22)33(29,30)27-12-2-3-20(18-27)24(28)25-17-19-4-6-21(7-5-19)26-13-15-32-16-14-26/h4-11,20H,2-3,12-18H2,1H3,(H,25,28)/t20-/m1/s1. The van der Waals surface area contributed by atoms with E-state index in [2.05, 4.69) is 22.3 Å². The lowest BCUT2D eigenvalue weighted by Crippen LogP contribution is -2.45. The van der Waals surface area contributed by atoms with Gasteiger partial charge in [0, 0.05) is 38.4 Å². The molecule has 9 heteroatoms. The first-order valence-electron chi connectivity index (χ1n) is 11.3. The Morgan fingerprint density at radius 2 is 1.76 bits per heavy atom. The second-order valence-corrected chi connectivity index (χ2v) is 10.3. The van der Waals surface area contributed by atoms with Crippen LogP contribution in [0.4, 0.5) is 5.69 Å². The van der Waals surface area contributed by atoms with Gasteiger partial charge in [-0.3, -0.25) is 4.79 Å². The summed E-state index contributed by atoms with van der Waals surface area (Å²) in [6, 6.07) is 14.5. The highest BCUT2D eigenvalue weighted by Crippen LogP contribution is 2.25. The van der Waals surface area contributed by atoms with Crippen LogP contribution in [0, 0.1) is 5.92 Å². The number of nitrogens with zero attached hydrogens (tertiary/aromatic N) is 2. The third-order valence-electron chi connectivity index (χ3n) is 6.23. The maximum absolute atomic E-state index is 13.0. The molecule has 2 aliphatic rings. The Balaban J connectivity index is 1.32. The van der Waals surface area contributed by atoms with Crippen LogP contribution in [-0.4, -0.2) is 65.1 Å². The molecule has 2 aliphatic heterocycles. The molecule has 0 spiro atoms. The highest BCUT2D eigenvalue weighted by molar-refractivity contribution is 7.89. The summed E-state index contributed by atoms with van der Waals surface area (Å²) >= 11 is 0. The summed E-state index contributed by atoms with van der Waals surface area (Å²) in [5, 5.41) is 2.98. The number of benzene rings is 2. The molecule has 2 aromatic rings. The topological polar surface area (TPSA) is 88.2 Å². The van der Waals surface area contributed by atoms with Crippen molar-refractivity contribution in [2.45, 2.75) is 24.3 Å². The third kappa shape index (κ3) is 5.66. The number of hydrogen-bond donors (Lipinski definition) is 1. The van der Waals surface area contributed by atoms with Crippen LogP contribution < -0.4 is 15.0 Å². The molecule has 1 N–H and O–H groups in total. The van der Waals surface area contributed by atoms with Crippen molar-refractivity contribution in [3.63, 3.8) is 0 Å². The van der Waals surface area contributed by atoms with Crippen LogP contribution in [0.3, 0.4) is 0 Å². The van der Waals surface area contributed by atoms with Crippen LogP contribution in [0.5, 0.6) is 5.75 Å². The average Bonchev–Trinajstić information content (AvgIpc) is 2.88. The SMILES string of the molecule is COc1ccc(S(=O)(=O)N2CCC[C@@H](C(=O)NCc3ccc(N4CCOCC4)cc3)C2)cc1. The normalized spacial score (nSPS) is 19.8. The minimum atomic E-state index is -3.65. The molecule has 0 radical (unpaired) electrons. The summed E-state index contributed by atoms with van der Waals surface area (Å²) < 4.78 is 38.0. The Morgan fingerprint density at radius 3 is 2.42 bits per heavy atom. The third-order valence-corrected chi connectivity index (χ3v) is 8.11. The van der Waals surface area contributed by atoms with Gasteiger partial charge in [-0.1, -0.05) is 12.1 Å². The quantitative estimate of drug-likeness (QED) is 0.664. The van der Waals surface area contributed by atoms with Gasteiger partial charge < -0.3 is 19.7 Å². The number of anilines is 1. The number of hydrogen-bond acceptors (Lipinski definition) is 6. The molecular formula is C24H31N3O5S. The molecule has 33 heavy (non-hydrogen) atoms. The second kappa shape index (κ2) is 10.5. The molecule has 1 atom stereocenters. The highest BCUT2D eigenvalue weighted by Gasteiger charge is 2.33. The first-order chi connectivity index (χ1) is 16.0. The lowest BCUT2D eigenvalue weighted by Gasteiger charge is -2.31. The fourth-order valence-electron chi connectivity index (χ4n) is 4.25. The number of carbonyl (C=O) groups excluding carboxylic acids is 1. The number of nitrogens with one attached hydrogen (secondary N) is 1. The molecule has 0 bridgehead atoms. The maximum atomic E-state index is 13.0. The van der Waals surface area contributed by atoms with Gasteiger partial charge in [-0.25, -0.2) is 8.42 Å². The molecule has 4 rings (SSSR count). The molecule has 0 saturated carbocycles. The van der Waals surface area contributed by atoms with Crippen molar-refractivity contribution in [3.05, 3.63) is 54.1 Å². The van der Waals surface area contributed by atoms with Gasteiger partial charge in [-0.05, 0) is 54.8 Å². The fourth-order valence-corrected chi connectivity index (χ4v) is 5.78. The van der Waals surface area contributed by atoms with Gasteiger partial charge in [-0.2, -0.15) is 4.31 Å². The molecular weight excluding hydrogens is 442 g/mol. The highest BCUT2D eigenvalue weighted by atomic mass is 32.2. The number of ether oxygens (including phenoxy) is 2. The summed E-state index contributed by atoms with van der Waals surface area (Å²) in [6.07, 6.45) is 1.33. The van der Waals surface area contributed by atoms with E-state index in [1.54, 1.807) is 24.3 Å². The summed E-state index contributed by atoms with van der Waals surface area (Å²) in [5.41, 5.74) is 2.17. The van der Waals surface area contributed by atoms with Gasteiger partial charge in [0.15, 0.2) is 0 Å². The average molecular weight is 474 g/mol. The zero-order chi connectivity index (χ0) is 23.3. The summed E-state index contributed by atoms with van der Waals surface area (Å²) in [5.74, 6) is 0.129. The van der Waals surface area contributed by atoms with Crippen LogP contribution in [0.15, 0.2) is 53.4 Å². The second-order valence-electron chi connectivity index (χ2n) is 8.36. The van der Waals surface area contributed by atoms with Gasteiger partial charge in [0.05, 0.1) is 31.1 Å². The predicted octanol–water partition coefficient (Wildman–Crippen LogP) is 2.25. The zero-order valence-corrected chi connectivity index (χ0v) is 19.7. The first kappa shape index (κ1) is 23.5. The number of piperidine rings is 1. The Hall–Kier alpha value is -2.62. The van der Waals surface area contributed by atoms with Crippen LogP contribution in [0.2, 0.25) is 0 Å². The molecule has 2 heterocycles. The molecule has 2 aromatic carbocycles. The van der Waals surface area contributed by atoms with Crippen molar-refractivity contribution in [2.24, 2.45) is 5.92 Å². The van der Waals surface area contributed by atoms with Gasteiger partial charge in [0.2, 0.25) is 15.9 Å². The Morgan fingerprint density at radius 1 is 1.06 bits per heavy atom. The van der Waals surface area contributed by atoms with Gasteiger partial charge in [-0.15, -0.1) is 0 Å². The molecule has 0 aromatic heterocycles. The Kier molecular flexibility index (Phi) is 7.52. The van der Waals surface area contributed by atoms with E-state index >= 15 is 0 Å². The molecule has 2 fully saturated rings. The van der Waals surface area contributed by atoms with E-state index in [0.29, 0.717) is 31.7 Å². The van der Waals surface area contributed by atoms with Crippen molar-refractivity contribution < 1.29 is 22.7 Å². The van der Waals surface area contributed by atoms with Crippen LogP contribution in [-0.2, 0) is 26.1 Å². The van der Waals surface area contributed by atoms with E-state index in [4.69, 9.17) is 9.47 Å². The van der Waals surface area contributed by atoms with E-state index in [9.17, 15) is 13.2 Å². The number of methoxy groups -OCH3 is 1. The van der Waals surface area contributed by atoms with Gasteiger partial charge in [0.1, 0.15) is 5.75 Å². The molecule has 8 nitrogen and oxygen atoms in total. The number of rotatable bonds is 7. The first-order valence-corrected chi connectivity index (χ1v) is 12.7. The van der Waals surface area contributed by atoms with Gasteiger partial charge in [0.25, 0.3) is 0 Å². The van der Waals surface area contributed by atoms with E-state index in [0.717, 1.165) is 37.6 Å². The molecule has 178 valence electrons. The summed E-state index contributed by atoms with van der Waals surface area (Å²) in [6.45, 7) is 4.28. The van der Waals surface area contributed by atoms with Crippen molar-refractivity contribution >= 4 is 21.6 Å². The minimum Gasteiger partial charge on any atom is -0.497 e. The lowest BCUT2D eigenvalue weighted by atomic mass is 9.98. The van der Waals surface area contributed by atoms with E-state index < -0.39 is 10.0 Å². The van der Waals surface area contributed by atoms with E-state index in [-0.39, 0.29) is 23.3 Å². The number of carbonyl (C=O) groups is 1. The van der Waals surface area contributed by atoms with E-state index in [1.807, 2.05) is 12.1 Å². The summed E-state index contributed by atoms with van der Waals surface area (Å²) in [4.78, 5) is 15.3. The monoisotopic (exact) mass is 473 g/mol. The number of morpholine rings is 1. The van der Waals surface area contributed by atoms with Crippen LogP contribution >= 0.6 is 0 Å². The Bertz CT molecular complexity index is 1030. The smallest absolute Gasteiger partial charge is 0.243 e. The van der Waals surface area contributed by atoms with Crippen molar-refractivity contribution in [2.75, 3.05) is 51.4 Å². The molecule has 1 amide bonds. The Labute approximate surface area is 195 Å². The lowest BCUT2D eigenvalue weighted by molar-refractivity contribution is -0.126. The molecule has 2 saturated heterocycles. The number of sulfonamides is 1. The fraction of sp³-hybridized carbons (Fsp3) is 0.458. The van der Waals surface area contributed by atoms with Crippen molar-refractivity contribution in [3.8, 4) is 5.75 Å². The van der Waals surface area contributed by atoms with Crippen LogP contribution in [0.1, 0.15) is 18.4 Å². The van der Waals surface area contributed by atoms with E-state index in [1.165, 1.54) is 11.4 Å². The number of amides is 1. The molecule has 0 aliphatic carbocycles. The van der Waals surface area contributed by atoms with Crippen LogP contribution in [0.25, 0.3) is 0 Å². The largest absolute Gasteiger partial charge is 0.497 e. The predicted molar refractivity (Wildman–Crippen MR) is 126 cm³/mol. The van der Waals surface area contributed by atoms with Gasteiger partial charge >= 0.3 is 0 Å². The maximum Gasteiger partial charge on any atom is 0.243 e. The van der Waals surface area contributed by atoms with Crippen molar-refractivity contribution in [1.82, 2.24) is 9.62 Å². The molecule has 0 unspecified atom stereocenters. The minimum absolute atomic E-state index is 0.109. The summed E-state index contributed by atoms with van der Waals surface area (Å²) in [7, 11) is -2.11.